The van der Waals surface area contributed by atoms with Gasteiger partial charge < -0.3 is 15.5 Å². The fourth-order valence-corrected chi connectivity index (χ4v) is 10.2. The van der Waals surface area contributed by atoms with E-state index in [0.717, 1.165) is 32.4 Å². The van der Waals surface area contributed by atoms with Gasteiger partial charge in [-0.2, -0.15) is 0 Å². The predicted molar refractivity (Wildman–Crippen MR) is 162 cm³/mol. The summed E-state index contributed by atoms with van der Waals surface area (Å²) in [6.07, 6.45) is 31.6. The molecule has 0 saturated carbocycles. The van der Waals surface area contributed by atoms with Crippen LogP contribution >= 0.6 is 11.8 Å². The van der Waals surface area contributed by atoms with Gasteiger partial charge in [0, 0.05) is 54.0 Å². The van der Waals surface area contributed by atoms with E-state index in [0.29, 0.717) is 48.0 Å². The summed E-state index contributed by atoms with van der Waals surface area (Å²) in [5.41, 5.74) is 6.43. The SMILES string of the molecule is C1=CC2C3C4=C(CCS4)CCC3N(C3=CC=C(C4C=C(C5CC=NCC5)NC(C5CC=NC5)[NH2+]4)CC3)C2C=C1. The Morgan fingerprint density at radius 3 is 2.77 bits per heavy atom. The Morgan fingerprint density at radius 2 is 1.92 bits per heavy atom. The molecule has 0 aromatic heterocycles. The summed E-state index contributed by atoms with van der Waals surface area (Å²) in [5, 5.41) is 6.57. The average molecular weight is 541 g/mol. The maximum Gasteiger partial charge on any atom is 0.164 e. The van der Waals surface area contributed by atoms with Crippen molar-refractivity contribution in [1.82, 2.24) is 10.2 Å². The van der Waals surface area contributed by atoms with E-state index in [4.69, 9.17) is 0 Å². The van der Waals surface area contributed by atoms with Gasteiger partial charge in [-0.25, -0.2) is 0 Å². The summed E-state index contributed by atoms with van der Waals surface area (Å²) in [4.78, 5) is 13.7. The largest absolute Gasteiger partial charge is 0.364 e. The minimum absolute atomic E-state index is 0.413. The summed E-state index contributed by atoms with van der Waals surface area (Å²) in [6.45, 7) is 1.92. The highest BCUT2D eigenvalue weighted by atomic mass is 32.2. The normalized spacial score (nSPS) is 40.6. The number of thioether (sulfide) groups is 1. The zero-order valence-electron chi connectivity index (χ0n) is 22.9. The number of aliphatic imine (C=N–C) groups is 2. The van der Waals surface area contributed by atoms with E-state index in [1.165, 1.54) is 43.6 Å². The average Bonchev–Trinajstić information content (AvgIpc) is 3.76. The molecular weight excluding hydrogens is 498 g/mol. The molecule has 0 aromatic carbocycles. The topological polar surface area (TPSA) is 56.6 Å². The van der Waals surface area contributed by atoms with Gasteiger partial charge in [0.15, 0.2) is 6.17 Å². The Bertz CT molecular complexity index is 1240. The maximum absolute atomic E-state index is 4.58. The van der Waals surface area contributed by atoms with Crippen LogP contribution < -0.4 is 10.6 Å². The first-order chi connectivity index (χ1) is 19.3. The summed E-state index contributed by atoms with van der Waals surface area (Å²) < 4.78 is 0. The molecule has 8 aliphatic rings. The van der Waals surface area contributed by atoms with Crippen molar-refractivity contribution in [2.75, 3.05) is 18.8 Å². The van der Waals surface area contributed by atoms with E-state index < -0.39 is 0 Å². The molecule has 8 rings (SSSR count). The lowest BCUT2D eigenvalue weighted by atomic mass is 9.78. The Labute approximate surface area is 237 Å². The molecule has 5 nitrogen and oxygen atoms in total. The Balaban J connectivity index is 1.07. The van der Waals surface area contributed by atoms with Gasteiger partial charge in [0.2, 0.25) is 0 Å². The number of hydrogen-bond donors (Lipinski definition) is 2. The number of fused-ring (bicyclic) bond motifs is 4. The quantitative estimate of drug-likeness (QED) is 0.552. The second kappa shape index (κ2) is 10.3. The lowest BCUT2D eigenvalue weighted by Crippen LogP contribution is -3.00. The van der Waals surface area contributed by atoms with Gasteiger partial charge in [-0.1, -0.05) is 36.0 Å². The van der Waals surface area contributed by atoms with Gasteiger partial charge in [0.25, 0.3) is 0 Å². The van der Waals surface area contributed by atoms with Crippen LogP contribution in [0, 0.1) is 23.7 Å². The van der Waals surface area contributed by atoms with E-state index in [1.807, 2.05) is 0 Å². The maximum atomic E-state index is 4.58. The van der Waals surface area contributed by atoms with Crippen LogP contribution in [-0.2, 0) is 0 Å². The van der Waals surface area contributed by atoms with Gasteiger partial charge in [-0.15, -0.1) is 11.8 Å². The second-order valence-corrected chi connectivity index (χ2v) is 13.8. The molecule has 204 valence electrons. The first-order valence-corrected chi connectivity index (χ1v) is 16.5. The summed E-state index contributed by atoms with van der Waals surface area (Å²) in [7, 11) is 0. The number of likely N-dealkylation sites (tertiary alicyclic amines) is 1. The van der Waals surface area contributed by atoms with Crippen LogP contribution in [0.1, 0.15) is 51.4 Å². The molecule has 0 radical (unpaired) electrons. The lowest BCUT2D eigenvalue weighted by Gasteiger charge is -2.39. The number of nitrogens with two attached hydrogens (primary N) is 1. The molecule has 1 saturated heterocycles. The fraction of sp³-hybridized carbons (Fsp3) is 0.576. The van der Waals surface area contributed by atoms with E-state index in [9.17, 15) is 0 Å². The molecule has 3 aliphatic carbocycles. The number of nitrogens with one attached hydrogen (secondary N) is 1. The summed E-state index contributed by atoms with van der Waals surface area (Å²) in [6, 6.07) is 1.61. The van der Waals surface area contributed by atoms with Gasteiger partial charge in [-0.3, -0.25) is 9.98 Å². The van der Waals surface area contributed by atoms with Crippen molar-refractivity contribution in [2.24, 2.45) is 33.7 Å². The van der Waals surface area contributed by atoms with Gasteiger partial charge in [0.1, 0.15) is 6.04 Å². The Hall–Kier alpha value is -2.31. The van der Waals surface area contributed by atoms with Crippen LogP contribution in [-0.4, -0.2) is 60.5 Å². The molecule has 5 aliphatic heterocycles. The molecule has 39 heavy (non-hydrogen) atoms. The molecule has 5 heterocycles. The van der Waals surface area contributed by atoms with Crippen LogP contribution in [0.4, 0.5) is 0 Å². The standard InChI is InChI=1S/C33H41N5S/c1-2-4-29-26(3-1)31-30(10-7-23-14-18-39-32(23)31)38(29)25-8-5-21(6-9-25)27-19-28(22-11-15-34-16-12-22)37-33(36-27)24-13-17-35-20-24/h1-5,8,15,17,19,22,24,26-27,29-31,33,36-37H,6-7,9-14,16,18,20H2/p+1. The number of allylic oxidation sites excluding steroid dienone is 7. The van der Waals surface area contributed by atoms with Crippen LogP contribution in [0.2, 0.25) is 0 Å². The molecule has 8 atom stereocenters. The van der Waals surface area contributed by atoms with Crippen molar-refractivity contribution in [2.45, 2.75) is 75.7 Å². The molecular formula is C33H42N5S+. The molecule has 8 unspecified atom stereocenters. The summed E-state index contributed by atoms with van der Waals surface area (Å²) >= 11 is 2.18. The molecule has 6 heteroatoms. The monoisotopic (exact) mass is 540 g/mol. The Morgan fingerprint density at radius 1 is 0.974 bits per heavy atom. The van der Waals surface area contributed by atoms with E-state index >= 15 is 0 Å². The molecule has 1 fully saturated rings. The van der Waals surface area contributed by atoms with E-state index in [-0.39, 0.29) is 0 Å². The highest BCUT2D eigenvalue weighted by Crippen LogP contribution is 2.55. The predicted octanol–water partition coefficient (Wildman–Crippen LogP) is 4.50. The zero-order chi connectivity index (χ0) is 25.8. The number of nitrogens with zero attached hydrogens (tertiary/aromatic N) is 3. The highest BCUT2D eigenvalue weighted by molar-refractivity contribution is 8.03. The van der Waals surface area contributed by atoms with Crippen LogP contribution in [0.3, 0.4) is 0 Å². The lowest BCUT2D eigenvalue weighted by molar-refractivity contribution is -0.718. The van der Waals surface area contributed by atoms with Crippen molar-refractivity contribution in [3.8, 4) is 0 Å². The molecule has 3 N–H and O–H groups in total. The third-order valence-corrected chi connectivity index (χ3v) is 12.0. The molecule has 0 aromatic rings. The third kappa shape index (κ3) is 4.33. The van der Waals surface area contributed by atoms with Gasteiger partial charge in [-0.05, 0) is 86.4 Å². The zero-order valence-corrected chi connectivity index (χ0v) is 23.7. The molecule has 0 bridgehead atoms. The van der Waals surface area contributed by atoms with Crippen LogP contribution in [0.15, 0.2) is 80.0 Å². The van der Waals surface area contributed by atoms with Crippen LogP contribution in [0.5, 0.6) is 0 Å². The Kier molecular flexibility index (Phi) is 6.44. The third-order valence-electron chi connectivity index (χ3n) is 10.7. The number of quaternary nitrogens is 1. The molecule has 0 amide bonds. The van der Waals surface area contributed by atoms with E-state index in [1.54, 1.807) is 21.7 Å². The molecule has 0 spiro atoms. The van der Waals surface area contributed by atoms with Crippen molar-refractivity contribution in [1.29, 1.82) is 0 Å². The first-order valence-electron chi connectivity index (χ1n) is 15.5. The van der Waals surface area contributed by atoms with Crippen molar-refractivity contribution >= 4 is 24.2 Å². The minimum Gasteiger partial charge on any atom is -0.364 e. The van der Waals surface area contributed by atoms with Crippen molar-refractivity contribution < 1.29 is 5.32 Å². The van der Waals surface area contributed by atoms with Gasteiger partial charge >= 0.3 is 0 Å². The van der Waals surface area contributed by atoms with Gasteiger partial charge in [0.05, 0.1) is 12.0 Å². The van der Waals surface area contributed by atoms with Crippen molar-refractivity contribution in [3.05, 3.63) is 70.0 Å². The number of rotatable bonds is 4. The first kappa shape index (κ1) is 24.5. The minimum atomic E-state index is 0.413. The highest BCUT2D eigenvalue weighted by Gasteiger charge is 2.52. The second-order valence-electron chi connectivity index (χ2n) is 12.7. The number of hydrogen-bond acceptors (Lipinski definition) is 5. The smallest absolute Gasteiger partial charge is 0.164 e. The fourth-order valence-electron chi connectivity index (χ4n) is 8.69. The van der Waals surface area contributed by atoms with Crippen molar-refractivity contribution in [3.63, 3.8) is 0 Å². The van der Waals surface area contributed by atoms with Crippen LogP contribution in [0.25, 0.3) is 0 Å². The van der Waals surface area contributed by atoms with E-state index in [2.05, 4.69) is 92.2 Å². The summed E-state index contributed by atoms with van der Waals surface area (Å²) in [5.74, 6) is 3.83.